The van der Waals surface area contributed by atoms with Crippen molar-refractivity contribution < 1.29 is 9.47 Å². The molecule has 0 spiro atoms. The van der Waals surface area contributed by atoms with Crippen LogP contribution >= 0.6 is 0 Å². The maximum Gasteiger partial charge on any atom is 0.125 e. The molecule has 0 aromatic heterocycles. The minimum Gasteiger partial charge on any atom is -0.497 e. The summed E-state index contributed by atoms with van der Waals surface area (Å²) in [4.78, 5) is 0. The summed E-state index contributed by atoms with van der Waals surface area (Å²) in [6.07, 6.45) is 4.91. The third kappa shape index (κ3) is 4.38. The fourth-order valence-electron chi connectivity index (χ4n) is 1.65. The van der Waals surface area contributed by atoms with Gasteiger partial charge in [0.05, 0.1) is 7.11 Å². The summed E-state index contributed by atoms with van der Waals surface area (Å²) < 4.78 is 10.8. The van der Waals surface area contributed by atoms with E-state index in [-0.39, 0.29) is 6.10 Å². The highest BCUT2D eigenvalue weighted by atomic mass is 16.5. The van der Waals surface area contributed by atoms with Gasteiger partial charge in [-0.3, -0.25) is 0 Å². The Morgan fingerprint density at radius 3 is 2.59 bits per heavy atom. The normalized spacial score (nSPS) is 11.4. The Bertz CT molecular complexity index is 361. The van der Waals surface area contributed by atoms with Crippen LogP contribution in [-0.2, 0) is 4.74 Å². The molecule has 0 saturated heterocycles. The highest BCUT2D eigenvalue weighted by Crippen LogP contribution is 2.25. The molecule has 0 aliphatic rings. The van der Waals surface area contributed by atoms with E-state index in [0.717, 1.165) is 30.6 Å². The van der Waals surface area contributed by atoms with Crippen LogP contribution in [0.15, 0.2) is 42.8 Å². The zero-order valence-electron chi connectivity index (χ0n) is 10.6. The molecule has 0 heterocycles. The van der Waals surface area contributed by atoms with E-state index in [2.05, 4.69) is 19.2 Å². The topological polar surface area (TPSA) is 18.5 Å². The van der Waals surface area contributed by atoms with E-state index in [4.69, 9.17) is 9.47 Å². The number of rotatable bonds is 7. The molecule has 1 rings (SSSR count). The van der Waals surface area contributed by atoms with Crippen molar-refractivity contribution in [2.45, 2.75) is 32.3 Å². The van der Waals surface area contributed by atoms with Gasteiger partial charge in [-0.2, -0.15) is 0 Å². The Balaban J connectivity index is 2.75. The van der Waals surface area contributed by atoms with Crippen LogP contribution in [0.1, 0.15) is 37.9 Å². The molecule has 0 radical (unpaired) electrons. The zero-order chi connectivity index (χ0) is 12.5. The van der Waals surface area contributed by atoms with Gasteiger partial charge < -0.3 is 9.47 Å². The fraction of sp³-hybridized carbons (Fsp3) is 0.400. The van der Waals surface area contributed by atoms with Crippen LogP contribution < -0.4 is 4.74 Å². The van der Waals surface area contributed by atoms with E-state index in [1.54, 1.807) is 7.11 Å². The molecule has 0 saturated carbocycles. The molecule has 2 nitrogen and oxygen atoms in total. The molecule has 0 bridgehead atoms. The van der Waals surface area contributed by atoms with Crippen LogP contribution in [0.4, 0.5) is 0 Å². The van der Waals surface area contributed by atoms with Crippen LogP contribution in [0.5, 0.6) is 5.75 Å². The van der Waals surface area contributed by atoms with E-state index < -0.39 is 0 Å². The summed E-state index contributed by atoms with van der Waals surface area (Å²) in [5, 5.41) is 0. The summed E-state index contributed by atoms with van der Waals surface area (Å²) in [6.45, 7) is 5.68. The van der Waals surface area contributed by atoms with E-state index in [1.165, 1.54) is 6.26 Å². The molecule has 1 aromatic carbocycles. The molecule has 1 unspecified atom stereocenters. The quantitative estimate of drug-likeness (QED) is 0.517. The SMILES string of the molecule is C=C=COC(CCCC)c1ccc(OC)cc1. The lowest BCUT2D eigenvalue weighted by atomic mass is 10.0. The molecule has 92 valence electrons. The second-order valence-electron chi connectivity index (χ2n) is 3.86. The van der Waals surface area contributed by atoms with Gasteiger partial charge in [-0.1, -0.05) is 37.8 Å². The van der Waals surface area contributed by atoms with Crippen LogP contribution in [0.25, 0.3) is 0 Å². The second-order valence-corrected chi connectivity index (χ2v) is 3.86. The second kappa shape index (κ2) is 7.59. The molecule has 0 N–H and O–H groups in total. The first-order valence-corrected chi connectivity index (χ1v) is 5.95. The highest BCUT2D eigenvalue weighted by molar-refractivity contribution is 5.28. The summed E-state index contributed by atoms with van der Waals surface area (Å²) in [6, 6.07) is 7.98. The summed E-state index contributed by atoms with van der Waals surface area (Å²) in [7, 11) is 1.67. The van der Waals surface area contributed by atoms with Crippen molar-refractivity contribution in [1.82, 2.24) is 0 Å². The highest BCUT2D eigenvalue weighted by Gasteiger charge is 2.10. The van der Waals surface area contributed by atoms with E-state index in [1.807, 2.05) is 24.3 Å². The number of hydrogen-bond acceptors (Lipinski definition) is 2. The first-order chi connectivity index (χ1) is 8.31. The monoisotopic (exact) mass is 232 g/mol. The van der Waals surface area contributed by atoms with Gasteiger partial charge in [0.15, 0.2) is 0 Å². The van der Waals surface area contributed by atoms with E-state index in [0.29, 0.717) is 0 Å². The lowest BCUT2D eigenvalue weighted by Gasteiger charge is -2.16. The molecule has 1 aromatic rings. The zero-order valence-corrected chi connectivity index (χ0v) is 10.6. The van der Waals surface area contributed by atoms with Crippen LogP contribution in [0.3, 0.4) is 0 Å². The first kappa shape index (κ1) is 13.4. The maximum absolute atomic E-state index is 5.61. The standard InChI is InChI=1S/C15H20O2/c1-4-6-7-15(17-12-5-2)13-8-10-14(16-3)11-9-13/h8-12,15H,2,4,6-7H2,1,3H3. The molecule has 0 aliphatic heterocycles. The summed E-state index contributed by atoms with van der Waals surface area (Å²) >= 11 is 0. The number of unbranched alkanes of at least 4 members (excludes halogenated alkanes) is 1. The van der Waals surface area contributed by atoms with Crippen molar-refractivity contribution in [2.24, 2.45) is 0 Å². The first-order valence-electron chi connectivity index (χ1n) is 5.95. The van der Waals surface area contributed by atoms with E-state index >= 15 is 0 Å². The van der Waals surface area contributed by atoms with Crippen molar-refractivity contribution in [3.8, 4) is 5.75 Å². The van der Waals surface area contributed by atoms with Gasteiger partial charge in [0, 0.05) is 0 Å². The summed E-state index contributed by atoms with van der Waals surface area (Å²) in [5.41, 5.74) is 3.80. The largest absolute Gasteiger partial charge is 0.497 e. The molecule has 17 heavy (non-hydrogen) atoms. The van der Waals surface area contributed by atoms with Crippen molar-refractivity contribution in [3.05, 3.63) is 48.4 Å². The molecule has 0 aliphatic carbocycles. The molecule has 0 fully saturated rings. The van der Waals surface area contributed by atoms with Crippen molar-refractivity contribution in [2.75, 3.05) is 7.11 Å². The third-order valence-corrected chi connectivity index (χ3v) is 2.62. The number of methoxy groups -OCH3 is 1. The predicted octanol–water partition coefficient (Wildman–Crippen LogP) is 4.24. The maximum atomic E-state index is 5.61. The summed E-state index contributed by atoms with van der Waals surface area (Å²) in [5.74, 6) is 0.863. The average Bonchev–Trinajstić information content (AvgIpc) is 2.39. The molecular weight excluding hydrogens is 212 g/mol. The Morgan fingerprint density at radius 1 is 1.35 bits per heavy atom. The average molecular weight is 232 g/mol. The van der Waals surface area contributed by atoms with Crippen molar-refractivity contribution >= 4 is 0 Å². The van der Waals surface area contributed by atoms with E-state index in [9.17, 15) is 0 Å². The van der Waals surface area contributed by atoms with Gasteiger partial charge in [-0.05, 0) is 30.5 Å². The van der Waals surface area contributed by atoms with Gasteiger partial charge in [0.2, 0.25) is 0 Å². The van der Waals surface area contributed by atoms with Gasteiger partial charge in [0.25, 0.3) is 0 Å². The fourth-order valence-corrected chi connectivity index (χ4v) is 1.65. The van der Waals surface area contributed by atoms with Crippen LogP contribution in [0.2, 0.25) is 0 Å². The minimum absolute atomic E-state index is 0.0788. The lowest BCUT2D eigenvalue weighted by molar-refractivity contribution is 0.135. The predicted molar refractivity (Wildman–Crippen MR) is 70.1 cm³/mol. The van der Waals surface area contributed by atoms with Gasteiger partial charge in [0.1, 0.15) is 18.1 Å². The molecule has 1 atom stereocenters. The molecular formula is C15H20O2. The number of ether oxygens (including phenoxy) is 2. The smallest absolute Gasteiger partial charge is 0.125 e. The van der Waals surface area contributed by atoms with Crippen molar-refractivity contribution in [3.63, 3.8) is 0 Å². The minimum atomic E-state index is 0.0788. The van der Waals surface area contributed by atoms with Crippen LogP contribution in [-0.4, -0.2) is 7.11 Å². The van der Waals surface area contributed by atoms with Crippen molar-refractivity contribution in [1.29, 1.82) is 0 Å². The van der Waals surface area contributed by atoms with Crippen LogP contribution in [0, 0.1) is 0 Å². The Hall–Kier alpha value is -1.66. The van der Waals surface area contributed by atoms with Gasteiger partial charge in [-0.15, -0.1) is 0 Å². The number of benzene rings is 1. The molecule has 2 heteroatoms. The van der Waals surface area contributed by atoms with Gasteiger partial charge in [-0.25, -0.2) is 0 Å². The third-order valence-electron chi connectivity index (χ3n) is 2.62. The Morgan fingerprint density at radius 2 is 2.06 bits per heavy atom. The van der Waals surface area contributed by atoms with Gasteiger partial charge >= 0.3 is 0 Å². The Kier molecular flexibility index (Phi) is 5.98. The molecule has 0 amide bonds. The lowest BCUT2D eigenvalue weighted by Crippen LogP contribution is -2.00. The number of hydrogen-bond donors (Lipinski definition) is 0. The Labute approximate surface area is 104 Å².